The zero-order valence-electron chi connectivity index (χ0n) is 13.1. The lowest BCUT2D eigenvalue weighted by molar-refractivity contribution is -0.141. The summed E-state index contributed by atoms with van der Waals surface area (Å²) >= 11 is 0. The predicted molar refractivity (Wildman–Crippen MR) is 80.7 cm³/mol. The van der Waals surface area contributed by atoms with E-state index < -0.39 is 0 Å². The highest BCUT2D eigenvalue weighted by atomic mass is 16.5. The summed E-state index contributed by atoms with van der Waals surface area (Å²) in [5.41, 5.74) is 0. The molecule has 1 N–H and O–H groups in total. The molecule has 0 bridgehead atoms. The highest BCUT2D eigenvalue weighted by Gasteiger charge is 2.28. The van der Waals surface area contributed by atoms with Gasteiger partial charge in [-0.05, 0) is 25.2 Å². The molecule has 2 aliphatic rings. The molecule has 0 aromatic heterocycles. The Hall–Kier alpha value is -0.610. The van der Waals surface area contributed by atoms with Crippen LogP contribution in [0.1, 0.15) is 51.9 Å². The predicted octanol–water partition coefficient (Wildman–Crippen LogP) is 2.18. The molecule has 1 saturated carbocycles. The third-order valence-electron chi connectivity index (χ3n) is 4.88. The quantitative estimate of drug-likeness (QED) is 0.758. The zero-order chi connectivity index (χ0) is 14.4. The summed E-state index contributed by atoms with van der Waals surface area (Å²) in [5.74, 6) is 0.671. The first kappa shape index (κ1) is 15.8. The number of rotatable bonds is 6. The largest absolute Gasteiger partial charge is 0.469 e. The standard InChI is InChI=1S/C16H30N2O2/c1-3-13-10-15(17-14-6-4-5-7-14)12-18(11-13)9-8-16(19)20-2/h13-15,17H,3-12H2,1-2H3. The van der Waals surface area contributed by atoms with Crippen LogP contribution >= 0.6 is 0 Å². The van der Waals surface area contributed by atoms with Gasteiger partial charge in [0.05, 0.1) is 13.5 Å². The number of carbonyl (C=O) groups excluding carboxylic acids is 1. The molecule has 4 nitrogen and oxygen atoms in total. The second-order valence-electron chi connectivity index (χ2n) is 6.44. The van der Waals surface area contributed by atoms with Crippen molar-refractivity contribution in [2.24, 2.45) is 5.92 Å². The van der Waals surface area contributed by atoms with Gasteiger partial charge in [-0.1, -0.05) is 26.2 Å². The van der Waals surface area contributed by atoms with Gasteiger partial charge in [-0.25, -0.2) is 0 Å². The van der Waals surface area contributed by atoms with Crippen LogP contribution in [0.2, 0.25) is 0 Å². The van der Waals surface area contributed by atoms with Crippen LogP contribution in [0.3, 0.4) is 0 Å². The summed E-state index contributed by atoms with van der Waals surface area (Å²) in [6.45, 7) is 5.34. The van der Waals surface area contributed by atoms with E-state index >= 15 is 0 Å². The lowest BCUT2D eigenvalue weighted by Gasteiger charge is -2.39. The number of ether oxygens (including phenoxy) is 1. The summed E-state index contributed by atoms with van der Waals surface area (Å²) in [6.07, 6.45) is 8.49. The third kappa shape index (κ3) is 4.74. The molecule has 4 heteroatoms. The minimum atomic E-state index is -0.0936. The van der Waals surface area contributed by atoms with Gasteiger partial charge in [0.2, 0.25) is 0 Å². The Morgan fingerprint density at radius 1 is 1.25 bits per heavy atom. The molecule has 2 unspecified atom stereocenters. The number of nitrogens with zero attached hydrogens (tertiary/aromatic N) is 1. The number of nitrogens with one attached hydrogen (secondary N) is 1. The van der Waals surface area contributed by atoms with Gasteiger partial charge in [0.15, 0.2) is 0 Å². The molecule has 2 fully saturated rings. The molecule has 0 spiro atoms. The average Bonchev–Trinajstić information content (AvgIpc) is 2.97. The van der Waals surface area contributed by atoms with Crippen LogP contribution in [-0.4, -0.2) is 49.7 Å². The summed E-state index contributed by atoms with van der Waals surface area (Å²) in [6, 6.07) is 1.34. The fourth-order valence-corrected chi connectivity index (χ4v) is 3.68. The summed E-state index contributed by atoms with van der Waals surface area (Å²) < 4.78 is 4.75. The highest BCUT2D eigenvalue weighted by molar-refractivity contribution is 5.69. The van der Waals surface area contributed by atoms with Gasteiger partial charge in [-0.2, -0.15) is 0 Å². The Bertz CT molecular complexity index is 303. The van der Waals surface area contributed by atoms with Crippen molar-refractivity contribution in [1.82, 2.24) is 10.2 Å². The smallest absolute Gasteiger partial charge is 0.306 e. The van der Waals surface area contributed by atoms with Crippen molar-refractivity contribution in [2.75, 3.05) is 26.7 Å². The van der Waals surface area contributed by atoms with Gasteiger partial charge in [-0.15, -0.1) is 0 Å². The number of carbonyl (C=O) groups is 1. The molecule has 0 aromatic carbocycles. The molecule has 1 aliphatic heterocycles. The Kier molecular flexibility index (Phi) is 6.30. The minimum absolute atomic E-state index is 0.0936. The van der Waals surface area contributed by atoms with Crippen molar-refractivity contribution in [3.8, 4) is 0 Å². The first-order chi connectivity index (χ1) is 9.71. The monoisotopic (exact) mass is 282 g/mol. The molecular formula is C16H30N2O2. The van der Waals surface area contributed by atoms with Crippen molar-refractivity contribution < 1.29 is 9.53 Å². The van der Waals surface area contributed by atoms with Gasteiger partial charge in [-0.3, -0.25) is 4.79 Å². The Morgan fingerprint density at radius 3 is 2.65 bits per heavy atom. The molecule has 1 heterocycles. The number of likely N-dealkylation sites (tertiary alicyclic amines) is 1. The van der Waals surface area contributed by atoms with Crippen molar-refractivity contribution in [3.63, 3.8) is 0 Å². The van der Waals surface area contributed by atoms with E-state index in [9.17, 15) is 4.79 Å². The van der Waals surface area contributed by atoms with Crippen molar-refractivity contribution >= 4 is 5.97 Å². The lowest BCUT2D eigenvalue weighted by atomic mass is 9.91. The maximum Gasteiger partial charge on any atom is 0.306 e. The van der Waals surface area contributed by atoms with Crippen LogP contribution in [0.5, 0.6) is 0 Å². The normalized spacial score (nSPS) is 28.7. The Labute approximate surface area is 123 Å². The van der Waals surface area contributed by atoms with Gasteiger partial charge >= 0.3 is 5.97 Å². The van der Waals surface area contributed by atoms with Crippen molar-refractivity contribution in [2.45, 2.75) is 64.0 Å². The second kappa shape index (κ2) is 7.99. The average molecular weight is 282 g/mol. The van der Waals surface area contributed by atoms with Crippen molar-refractivity contribution in [1.29, 1.82) is 0 Å². The Balaban J connectivity index is 1.80. The second-order valence-corrected chi connectivity index (χ2v) is 6.44. The van der Waals surface area contributed by atoms with Gasteiger partial charge in [0.1, 0.15) is 0 Å². The number of hydrogen-bond acceptors (Lipinski definition) is 4. The van der Waals surface area contributed by atoms with E-state index in [1.807, 2.05) is 0 Å². The molecule has 1 saturated heterocycles. The zero-order valence-corrected chi connectivity index (χ0v) is 13.1. The fraction of sp³-hybridized carbons (Fsp3) is 0.938. The van der Waals surface area contributed by atoms with Gasteiger partial charge in [0, 0.05) is 31.7 Å². The van der Waals surface area contributed by atoms with E-state index in [0.717, 1.165) is 31.6 Å². The van der Waals surface area contributed by atoms with Gasteiger partial charge < -0.3 is 15.0 Å². The molecule has 0 amide bonds. The first-order valence-electron chi connectivity index (χ1n) is 8.26. The molecule has 116 valence electrons. The van der Waals surface area contributed by atoms with Gasteiger partial charge in [0.25, 0.3) is 0 Å². The molecule has 0 aromatic rings. The van der Waals surface area contributed by atoms with Crippen molar-refractivity contribution in [3.05, 3.63) is 0 Å². The highest BCUT2D eigenvalue weighted by Crippen LogP contribution is 2.23. The topological polar surface area (TPSA) is 41.6 Å². The van der Waals surface area contributed by atoms with E-state index in [2.05, 4.69) is 17.1 Å². The lowest BCUT2D eigenvalue weighted by Crippen LogP contribution is -2.51. The molecular weight excluding hydrogens is 252 g/mol. The molecule has 0 radical (unpaired) electrons. The van der Waals surface area contributed by atoms with E-state index in [4.69, 9.17) is 4.74 Å². The Morgan fingerprint density at radius 2 is 2.00 bits per heavy atom. The van der Waals surface area contributed by atoms with Crippen LogP contribution in [0.15, 0.2) is 0 Å². The number of methoxy groups -OCH3 is 1. The number of piperidine rings is 1. The third-order valence-corrected chi connectivity index (χ3v) is 4.88. The van der Waals surface area contributed by atoms with Crippen LogP contribution < -0.4 is 5.32 Å². The molecule has 2 rings (SSSR count). The maximum atomic E-state index is 11.3. The molecule has 2 atom stereocenters. The summed E-state index contributed by atoms with van der Waals surface area (Å²) in [4.78, 5) is 13.7. The van der Waals surface area contributed by atoms with Crippen LogP contribution in [0, 0.1) is 5.92 Å². The SMILES string of the molecule is CCC1CC(NC2CCCC2)CN(CCC(=O)OC)C1. The fourth-order valence-electron chi connectivity index (χ4n) is 3.68. The maximum absolute atomic E-state index is 11.3. The minimum Gasteiger partial charge on any atom is -0.469 e. The molecule has 1 aliphatic carbocycles. The number of hydrogen-bond donors (Lipinski definition) is 1. The summed E-state index contributed by atoms with van der Waals surface area (Å²) in [5, 5.41) is 3.86. The van der Waals surface area contributed by atoms with E-state index in [0.29, 0.717) is 12.5 Å². The molecule has 20 heavy (non-hydrogen) atoms. The van der Waals surface area contributed by atoms with Crippen LogP contribution in [0.25, 0.3) is 0 Å². The first-order valence-corrected chi connectivity index (χ1v) is 8.26. The van der Waals surface area contributed by atoms with E-state index in [1.54, 1.807) is 0 Å². The van der Waals surface area contributed by atoms with Crippen LogP contribution in [0.4, 0.5) is 0 Å². The number of esters is 1. The van der Waals surface area contributed by atoms with E-state index in [-0.39, 0.29) is 5.97 Å². The van der Waals surface area contributed by atoms with Crippen LogP contribution in [-0.2, 0) is 9.53 Å². The van der Waals surface area contributed by atoms with E-state index in [1.165, 1.54) is 45.6 Å². The summed E-state index contributed by atoms with van der Waals surface area (Å²) in [7, 11) is 1.47.